The van der Waals surface area contributed by atoms with E-state index in [2.05, 4.69) is 29.9 Å². The smallest absolute Gasteiger partial charge is 0.131 e. The second kappa shape index (κ2) is 6.02. The average molecular weight is 293 g/mol. The van der Waals surface area contributed by atoms with Gasteiger partial charge in [-0.15, -0.1) is 0 Å². The number of nitrogen functional groups attached to an aromatic ring is 1. The summed E-state index contributed by atoms with van der Waals surface area (Å²) in [4.78, 5) is 8.92. The number of aromatic nitrogens is 1. The summed E-state index contributed by atoms with van der Waals surface area (Å²) in [6.45, 7) is 4.27. The highest BCUT2D eigenvalue weighted by Crippen LogP contribution is 2.27. The predicted molar refractivity (Wildman–Crippen MR) is 90.3 cm³/mol. The summed E-state index contributed by atoms with van der Waals surface area (Å²) in [5.41, 5.74) is 8.34. The monoisotopic (exact) mass is 293 g/mol. The maximum absolute atomic E-state index is 5.85. The molecule has 0 bridgehead atoms. The van der Waals surface area contributed by atoms with Crippen LogP contribution in [0.25, 0.3) is 5.57 Å². The van der Waals surface area contributed by atoms with E-state index in [9.17, 15) is 0 Å². The van der Waals surface area contributed by atoms with Crippen molar-refractivity contribution in [2.24, 2.45) is 10.9 Å². The van der Waals surface area contributed by atoms with E-state index in [4.69, 9.17) is 10.5 Å². The Hall–Kier alpha value is -2.62. The molecule has 1 aliphatic heterocycles. The second-order valence-electron chi connectivity index (χ2n) is 5.55. The topological polar surface area (TPSA) is 60.5 Å². The van der Waals surface area contributed by atoms with Crippen molar-refractivity contribution in [3.8, 4) is 11.5 Å². The van der Waals surface area contributed by atoms with Gasteiger partial charge in [-0.25, -0.2) is 0 Å². The van der Waals surface area contributed by atoms with E-state index in [1.165, 1.54) is 0 Å². The molecule has 0 saturated heterocycles. The number of anilines is 1. The second-order valence-corrected chi connectivity index (χ2v) is 5.55. The van der Waals surface area contributed by atoms with Crippen LogP contribution in [-0.2, 0) is 0 Å². The molecule has 0 spiro atoms. The van der Waals surface area contributed by atoms with Gasteiger partial charge in [0.15, 0.2) is 0 Å². The van der Waals surface area contributed by atoms with Crippen molar-refractivity contribution in [3.63, 3.8) is 0 Å². The zero-order valence-corrected chi connectivity index (χ0v) is 12.7. The average Bonchev–Trinajstić information content (AvgIpc) is 2.50. The van der Waals surface area contributed by atoms with Gasteiger partial charge in [-0.1, -0.05) is 19.1 Å². The SMILES string of the molecule is CC1C=C(c2cc(Oc3cccc(N)c3)ccn2)C=NC1C. The van der Waals surface area contributed by atoms with E-state index in [0.29, 0.717) is 23.4 Å². The molecular weight excluding hydrogens is 274 g/mol. The zero-order chi connectivity index (χ0) is 15.5. The molecule has 2 N–H and O–H groups in total. The summed E-state index contributed by atoms with van der Waals surface area (Å²) >= 11 is 0. The van der Waals surface area contributed by atoms with Gasteiger partial charge in [0.05, 0.1) is 11.7 Å². The van der Waals surface area contributed by atoms with Gasteiger partial charge in [-0.3, -0.25) is 9.98 Å². The summed E-state index contributed by atoms with van der Waals surface area (Å²) in [7, 11) is 0. The summed E-state index contributed by atoms with van der Waals surface area (Å²) in [6.07, 6.45) is 5.83. The van der Waals surface area contributed by atoms with Crippen LogP contribution in [0.2, 0.25) is 0 Å². The lowest BCUT2D eigenvalue weighted by atomic mass is 9.96. The highest BCUT2D eigenvalue weighted by atomic mass is 16.5. The molecule has 112 valence electrons. The van der Waals surface area contributed by atoms with Gasteiger partial charge in [0, 0.05) is 35.8 Å². The molecule has 22 heavy (non-hydrogen) atoms. The van der Waals surface area contributed by atoms with Gasteiger partial charge in [0.1, 0.15) is 11.5 Å². The Morgan fingerprint density at radius 3 is 2.68 bits per heavy atom. The third-order valence-corrected chi connectivity index (χ3v) is 3.77. The van der Waals surface area contributed by atoms with Crippen molar-refractivity contribution < 1.29 is 4.74 Å². The van der Waals surface area contributed by atoms with Crippen LogP contribution in [0.5, 0.6) is 11.5 Å². The first kappa shape index (κ1) is 14.3. The van der Waals surface area contributed by atoms with Crippen molar-refractivity contribution in [1.82, 2.24) is 4.98 Å². The standard InChI is InChI=1S/C18H19N3O/c1-12-8-14(11-21-13(12)2)18-10-17(6-7-20-18)22-16-5-3-4-15(19)9-16/h3-13H,19H2,1-2H3. The van der Waals surface area contributed by atoms with Crippen molar-refractivity contribution in [1.29, 1.82) is 0 Å². The third kappa shape index (κ3) is 3.17. The van der Waals surface area contributed by atoms with E-state index in [-0.39, 0.29) is 0 Å². The number of hydrogen-bond donors (Lipinski definition) is 1. The van der Waals surface area contributed by atoms with Gasteiger partial charge >= 0.3 is 0 Å². The number of allylic oxidation sites excluding steroid dienone is 1. The number of aliphatic imine (C=N–C) groups is 1. The Kier molecular flexibility index (Phi) is 3.92. The number of ether oxygens (including phenoxy) is 1. The lowest BCUT2D eigenvalue weighted by molar-refractivity contribution is 0.482. The molecule has 2 heterocycles. The summed E-state index contributed by atoms with van der Waals surface area (Å²) in [5.74, 6) is 1.85. The molecule has 1 aromatic carbocycles. The molecule has 3 rings (SSSR count). The van der Waals surface area contributed by atoms with Crippen LogP contribution in [0.1, 0.15) is 19.5 Å². The first-order valence-corrected chi connectivity index (χ1v) is 7.36. The van der Waals surface area contributed by atoms with Crippen LogP contribution in [0.4, 0.5) is 5.69 Å². The van der Waals surface area contributed by atoms with Gasteiger partial charge in [0.25, 0.3) is 0 Å². The van der Waals surface area contributed by atoms with Gasteiger partial charge < -0.3 is 10.5 Å². The lowest BCUT2D eigenvalue weighted by Gasteiger charge is -2.18. The van der Waals surface area contributed by atoms with E-state index >= 15 is 0 Å². The number of rotatable bonds is 3. The van der Waals surface area contributed by atoms with Crippen molar-refractivity contribution in [3.05, 3.63) is 54.4 Å². The predicted octanol–water partition coefficient (Wildman–Crippen LogP) is 3.95. The zero-order valence-electron chi connectivity index (χ0n) is 12.7. The number of dihydropyridines is 1. The molecule has 4 heteroatoms. The molecule has 2 unspecified atom stereocenters. The fourth-order valence-electron chi connectivity index (χ4n) is 2.30. The van der Waals surface area contributed by atoms with Crippen molar-refractivity contribution in [2.45, 2.75) is 19.9 Å². The molecule has 0 saturated carbocycles. The molecule has 0 aliphatic carbocycles. The highest BCUT2D eigenvalue weighted by molar-refractivity contribution is 6.09. The Morgan fingerprint density at radius 1 is 1.09 bits per heavy atom. The molecule has 1 aliphatic rings. The molecule has 0 fully saturated rings. The molecule has 4 nitrogen and oxygen atoms in total. The summed E-state index contributed by atoms with van der Waals surface area (Å²) in [5, 5.41) is 0. The minimum Gasteiger partial charge on any atom is -0.457 e. The molecule has 0 radical (unpaired) electrons. The number of hydrogen-bond acceptors (Lipinski definition) is 4. The Morgan fingerprint density at radius 2 is 1.91 bits per heavy atom. The van der Waals surface area contributed by atoms with E-state index < -0.39 is 0 Å². The molecule has 2 atom stereocenters. The van der Waals surface area contributed by atoms with Gasteiger partial charge in [-0.05, 0) is 31.0 Å². The van der Waals surface area contributed by atoms with Crippen LogP contribution >= 0.6 is 0 Å². The van der Waals surface area contributed by atoms with Crippen LogP contribution in [0.3, 0.4) is 0 Å². The quantitative estimate of drug-likeness (QED) is 0.872. The van der Waals surface area contributed by atoms with E-state index in [1.807, 2.05) is 36.5 Å². The fourth-order valence-corrected chi connectivity index (χ4v) is 2.30. The maximum atomic E-state index is 5.85. The Balaban J connectivity index is 1.84. The lowest BCUT2D eigenvalue weighted by Crippen LogP contribution is -2.14. The maximum Gasteiger partial charge on any atom is 0.131 e. The molecular formula is C18H19N3O. The molecule has 1 aromatic heterocycles. The summed E-state index contributed by atoms with van der Waals surface area (Å²) < 4.78 is 5.85. The highest BCUT2D eigenvalue weighted by Gasteiger charge is 2.15. The fraction of sp³-hybridized carbons (Fsp3) is 0.222. The normalized spacial score (nSPS) is 20.5. The van der Waals surface area contributed by atoms with Crippen LogP contribution in [0, 0.1) is 5.92 Å². The minimum atomic E-state index is 0.315. The molecule has 0 amide bonds. The number of benzene rings is 1. The Labute approximate surface area is 130 Å². The first-order valence-electron chi connectivity index (χ1n) is 7.36. The van der Waals surface area contributed by atoms with E-state index in [0.717, 1.165) is 17.0 Å². The third-order valence-electron chi connectivity index (χ3n) is 3.77. The largest absolute Gasteiger partial charge is 0.457 e. The van der Waals surface area contributed by atoms with Crippen LogP contribution in [-0.4, -0.2) is 17.2 Å². The van der Waals surface area contributed by atoms with Crippen molar-refractivity contribution in [2.75, 3.05) is 5.73 Å². The van der Waals surface area contributed by atoms with Crippen molar-refractivity contribution >= 4 is 17.5 Å². The number of nitrogens with two attached hydrogens (primary N) is 1. The van der Waals surface area contributed by atoms with E-state index in [1.54, 1.807) is 12.3 Å². The van der Waals surface area contributed by atoms with Gasteiger partial charge in [-0.2, -0.15) is 0 Å². The Bertz CT molecular complexity index is 737. The van der Waals surface area contributed by atoms with Crippen LogP contribution < -0.4 is 10.5 Å². The molecule has 2 aromatic rings. The minimum absolute atomic E-state index is 0.315. The first-order chi connectivity index (χ1) is 10.6. The number of nitrogens with zero attached hydrogens (tertiary/aromatic N) is 2. The van der Waals surface area contributed by atoms with Crippen LogP contribution in [0.15, 0.2) is 53.7 Å². The number of pyridine rings is 1. The summed E-state index contributed by atoms with van der Waals surface area (Å²) in [6, 6.07) is 11.4. The van der Waals surface area contributed by atoms with Gasteiger partial charge in [0.2, 0.25) is 0 Å².